The first-order valence-electron chi connectivity index (χ1n) is 8.19. The predicted octanol–water partition coefficient (Wildman–Crippen LogP) is 3.04. The van der Waals surface area contributed by atoms with Crippen LogP contribution in [0, 0.1) is 10.1 Å². The van der Waals surface area contributed by atoms with Crippen molar-refractivity contribution in [3.8, 4) is 0 Å². The average molecular weight is 460 g/mol. The Hall–Kier alpha value is -3.60. The van der Waals surface area contributed by atoms with Gasteiger partial charge in [-0.25, -0.2) is 14.5 Å². The number of methoxy groups -OCH3 is 1. The van der Waals surface area contributed by atoms with E-state index in [1.54, 1.807) is 0 Å². The maximum absolute atomic E-state index is 12.5. The minimum atomic E-state index is -0.792. The number of anilines is 1. The van der Waals surface area contributed by atoms with Crippen LogP contribution in [0.1, 0.15) is 26.3 Å². The Balaban J connectivity index is 1.77. The molecule has 0 aliphatic carbocycles. The van der Waals surface area contributed by atoms with Gasteiger partial charge in [0.2, 0.25) is 5.95 Å². The smallest absolute Gasteiger partial charge is 0.338 e. The van der Waals surface area contributed by atoms with Gasteiger partial charge in [0.15, 0.2) is 0 Å². The van der Waals surface area contributed by atoms with Gasteiger partial charge in [-0.05, 0) is 23.8 Å². The molecule has 0 radical (unpaired) electrons. The van der Waals surface area contributed by atoms with E-state index in [-0.39, 0.29) is 17.1 Å². The molecule has 29 heavy (non-hydrogen) atoms. The van der Waals surface area contributed by atoms with Gasteiger partial charge in [-0.1, -0.05) is 28.1 Å². The number of benzene rings is 2. The van der Waals surface area contributed by atoms with Gasteiger partial charge in [-0.3, -0.25) is 20.2 Å². The lowest BCUT2D eigenvalue weighted by molar-refractivity contribution is -0.384. The fraction of sp³-hybridized carbons (Fsp3) is 0.111. The standard InChI is InChI=1S/C18H14BrN5O5/c1-29-17(26)13-6-12(7-15(8-13)24(27)28)16(25)21-18-20-10-23(22-18)9-11-2-4-14(19)5-3-11/h2-8,10H,9H2,1H3,(H,21,22,25). The number of ether oxygens (including phenoxy) is 1. The number of nitro benzene ring substituents is 1. The van der Waals surface area contributed by atoms with Crippen LogP contribution < -0.4 is 5.32 Å². The Morgan fingerprint density at radius 3 is 2.55 bits per heavy atom. The quantitative estimate of drug-likeness (QED) is 0.340. The molecule has 148 valence electrons. The van der Waals surface area contributed by atoms with Crippen LogP contribution in [0.25, 0.3) is 0 Å². The zero-order chi connectivity index (χ0) is 21.0. The summed E-state index contributed by atoms with van der Waals surface area (Å²) >= 11 is 3.36. The lowest BCUT2D eigenvalue weighted by atomic mass is 10.1. The monoisotopic (exact) mass is 459 g/mol. The van der Waals surface area contributed by atoms with Crippen molar-refractivity contribution >= 4 is 39.4 Å². The van der Waals surface area contributed by atoms with Crippen LogP contribution in [0.3, 0.4) is 0 Å². The van der Waals surface area contributed by atoms with E-state index in [2.05, 4.69) is 36.1 Å². The van der Waals surface area contributed by atoms with Crippen molar-refractivity contribution in [1.82, 2.24) is 14.8 Å². The van der Waals surface area contributed by atoms with Crippen LogP contribution in [0.5, 0.6) is 0 Å². The third kappa shape index (κ3) is 5.02. The Morgan fingerprint density at radius 2 is 1.90 bits per heavy atom. The summed E-state index contributed by atoms with van der Waals surface area (Å²) in [6.45, 7) is 0.444. The molecule has 3 aromatic rings. The second-order valence-corrected chi connectivity index (χ2v) is 6.78. The van der Waals surface area contributed by atoms with Gasteiger partial charge in [-0.2, -0.15) is 0 Å². The van der Waals surface area contributed by atoms with E-state index in [1.807, 2.05) is 24.3 Å². The van der Waals surface area contributed by atoms with E-state index in [0.29, 0.717) is 6.54 Å². The molecule has 0 saturated heterocycles. The highest BCUT2D eigenvalue weighted by molar-refractivity contribution is 9.10. The van der Waals surface area contributed by atoms with Crippen LogP contribution in [0.15, 0.2) is 53.3 Å². The third-order valence-electron chi connectivity index (χ3n) is 3.83. The summed E-state index contributed by atoms with van der Waals surface area (Å²) in [4.78, 5) is 38.6. The van der Waals surface area contributed by atoms with Crippen molar-refractivity contribution in [2.45, 2.75) is 6.54 Å². The van der Waals surface area contributed by atoms with Crippen LogP contribution in [-0.4, -0.2) is 38.7 Å². The SMILES string of the molecule is COC(=O)c1cc(C(=O)Nc2ncn(Cc3ccc(Br)cc3)n2)cc([N+](=O)[O-])c1. The number of hydrogen-bond acceptors (Lipinski definition) is 7. The number of nitro groups is 1. The highest BCUT2D eigenvalue weighted by Crippen LogP contribution is 2.19. The molecule has 0 unspecified atom stereocenters. The number of rotatable bonds is 6. The number of amides is 1. The van der Waals surface area contributed by atoms with Gasteiger partial charge in [0.25, 0.3) is 11.6 Å². The van der Waals surface area contributed by atoms with Crippen molar-refractivity contribution in [1.29, 1.82) is 0 Å². The second-order valence-electron chi connectivity index (χ2n) is 5.86. The lowest BCUT2D eigenvalue weighted by Gasteiger charge is -2.05. The Morgan fingerprint density at radius 1 is 1.21 bits per heavy atom. The largest absolute Gasteiger partial charge is 0.465 e. The highest BCUT2D eigenvalue weighted by atomic mass is 79.9. The van der Waals surface area contributed by atoms with Crippen LogP contribution >= 0.6 is 15.9 Å². The molecule has 1 amide bonds. The first-order valence-corrected chi connectivity index (χ1v) is 8.98. The van der Waals surface area contributed by atoms with Crippen molar-refractivity contribution < 1.29 is 19.2 Å². The van der Waals surface area contributed by atoms with Gasteiger partial charge in [0.05, 0.1) is 24.1 Å². The molecule has 1 aromatic heterocycles. The van der Waals surface area contributed by atoms with Crippen LogP contribution in [0.4, 0.5) is 11.6 Å². The molecule has 0 fully saturated rings. The van der Waals surface area contributed by atoms with Gasteiger partial charge in [-0.15, -0.1) is 5.10 Å². The first-order chi connectivity index (χ1) is 13.9. The van der Waals surface area contributed by atoms with Crippen LogP contribution in [0.2, 0.25) is 0 Å². The van der Waals surface area contributed by atoms with E-state index in [4.69, 9.17) is 0 Å². The zero-order valence-electron chi connectivity index (χ0n) is 15.0. The minimum absolute atomic E-state index is 0.0261. The number of halogens is 1. The summed E-state index contributed by atoms with van der Waals surface area (Å²) < 4.78 is 7.06. The van der Waals surface area contributed by atoms with Crippen molar-refractivity contribution in [3.63, 3.8) is 0 Å². The number of nitrogens with one attached hydrogen (secondary N) is 1. The molecule has 2 aromatic carbocycles. The third-order valence-corrected chi connectivity index (χ3v) is 4.36. The molecular weight excluding hydrogens is 446 g/mol. The molecule has 0 spiro atoms. The number of carbonyl (C=O) groups is 2. The van der Waals surface area contributed by atoms with Gasteiger partial charge < -0.3 is 4.74 Å². The fourth-order valence-electron chi connectivity index (χ4n) is 2.46. The lowest BCUT2D eigenvalue weighted by Crippen LogP contribution is -2.15. The molecule has 11 heteroatoms. The Bertz CT molecular complexity index is 1080. The summed E-state index contributed by atoms with van der Waals surface area (Å²) in [6.07, 6.45) is 1.45. The molecule has 3 rings (SSSR count). The molecule has 0 aliphatic heterocycles. The average Bonchev–Trinajstić information content (AvgIpc) is 3.15. The molecule has 0 bridgehead atoms. The number of hydrogen-bond donors (Lipinski definition) is 1. The van der Waals surface area contributed by atoms with Gasteiger partial charge in [0, 0.05) is 22.2 Å². The van der Waals surface area contributed by atoms with Crippen LogP contribution in [-0.2, 0) is 11.3 Å². The van der Waals surface area contributed by atoms with E-state index in [0.717, 1.165) is 29.3 Å². The zero-order valence-corrected chi connectivity index (χ0v) is 16.6. The highest BCUT2D eigenvalue weighted by Gasteiger charge is 2.19. The number of non-ortho nitro benzene ring substituents is 1. The van der Waals surface area contributed by atoms with E-state index < -0.39 is 22.5 Å². The number of aromatic nitrogens is 3. The summed E-state index contributed by atoms with van der Waals surface area (Å²) in [5.41, 5.74) is 0.369. The van der Waals surface area contributed by atoms with E-state index >= 15 is 0 Å². The maximum atomic E-state index is 12.5. The van der Waals surface area contributed by atoms with E-state index in [1.165, 1.54) is 17.1 Å². The van der Waals surface area contributed by atoms with Gasteiger partial charge in [0.1, 0.15) is 6.33 Å². The molecule has 0 aliphatic rings. The summed E-state index contributed by atoms with van der Waals surface area (Å²) in [6, 6.07) is 10.9. The van der Waals surface area contributed by atoms with Crippen molar-refractivity contribution in [3.05, 3.63) is 80.1 Å². The second kappa shape index (κ2) is 8.61. The number of nitrogens with zero attached hydrogens (tertiary/aromatic N) is 4. The normalized spacial score (nSPS) is 10.4. The topological polar surface area (TPSA) is 129 Å². The Kier molecular flexibility index (Phi) is 5.98. The molecule has 0 atom stereocenters. The summed E-state index contributed by atoms with van der Waals surface area (Å²) in [5, 5.41) is 17.7. The van der Waals surface area contributed by atoms with Crippen molar-refractivity contribution in [2.75, 3.05) is 12.4 Å². The predicted molar refractivity (Wildman–Crippen MR) is 106 cm³/mol. The minimum Gasteiger partial charge on any atom is -0.465 e. The molecular formula is C18H14BrN5O5. The van der Waals surface area contributed by atoms with E-state index in [9.17, 15) is 19.7 Å². The summed E-state index contributed by atoms with van der Waals surface area (Å²) in [5.74, 6) is -1.46. The van der Waals surface area contributed by atoms with Gasteiger partial charge >= 0.3 is 5.97 Å². The molecule has 1 N–H and O–H groups in total. The first kappa shape index (κ1) is 20.1. The number of carbonyl (C=O) groups excluding carboxylic acids is 2. The maximum Gasteiger partial charge on any atom is 0.338 e. The molecule has 10 nitrogen and oxygen atoms in total. The van der Waals surface area contributed by atoms with Crippen molar-refractivity contribution in [2.24, 2.45) is 0 Å². The molecule has 0 saturated carbocycles. The number of esters is 1. The summed E-state index contributed by atoms with van der Waals surface area (Å²) in [7, 11) is 1.14. The fourth-order valence-corrected chi connectivity index (χ4v) is 2.73. The molecule has 1 heterocycles. The Labute approximate surface area is 172 Å².